The Kier molecular flexibility index (Phi) is 3.59. The molecule has 23 heavy (non-hydrogen) atoms. The molecule has 0 unspecified atom stereocenters. The summed E-state index contributed by atoms with van der Waals surface area (Å²) in [5, 5.41) is 20.0. The summed E-state index contributed by atoms with van der Waals surface area (Å²) in [6, 6.07) is 9.28. The molecule has 0 aliphatic rings. The van der Waals surface area contributed by atoms with E-state index in [1.165, 1.54) is 6.07 Å². The lowest BCUT2D eigenvalue weighted by Crippen LogP contribution is -2.10. The van der Waals surface area contributed by atoms with E-state index in [9.17, 15) is 14.9 Å². The van der Waals surface area contributed by atoms with Crippen molar-refractivity contribution in [3.8, 4) is 11.4 Å². The highest BCUT2D eigenvalue weighted by Crippen LogP contribution is 2.21. The van der Waals surface area contributed by atoms with Gasteiger partial charge in [-0.1, -0.05) is 12.1 Å². The molecule has 116 valence electrons. The van der Waals surface area contributed by atoms with Crippen LogP contribution in [0.3, 0.4) is 0 Å². The molecule has 2 aromatic heterocycles. The van der Waals surface area contributed by atoms with Crippen molar-refractivity contribution in [2.45, 2.75) is 6.92 Å². The van der Waals surface area contributed by atoms with Crippen molar-refractivity contribution in [1.29, 1.82) is 0 Å². The molecule has 9 heteroatoms. The maximum Gasteiger partial charge on any atom is 0.433 e. The number of aromatic amines is 1. The number of aryl methyl sites for hydroxylation is 1. The molecule has 0 saturated heterocycles. The van der Waals surface area contributed by atoms with Gasteiger partial charge in [0.25, 0.3) is 5.91 Å². The first-order valence-electron chi connectivity index (χ1n) is 6.58. The highest BCUT2D eigenvalue weighted by atomic mass is 16.6. The fourth-order valence-corrected chi connectivity index (χ4v) is 1.95. The van der Waals surface area contributed by atoms with Crippen LogP contribution in [0.25, 0.3) is 11.4 Å². The van der Waals surface area contributed by atoms with E-state index in [1.807, 2.05) is 0 Å². The van der Waals surface area contributed by atoms with Gasteiger partial charge in [-0.25, -0.2) is 4.98 Å². The van der Waals surface area contributed by atoms with Crippen LogP contribution in [0.2, 0.25) is 0 Å². The van der Waals surface area contributed by atoms with Crippen molar-refractivity contribution < 1.29 is 14.1 Å². The van der Waals surface area contributed by atoms with Crippen molar-refractivity contribution in [1.82, 2.24) is 15.2 Å². The van der Waals surface area contributed by atoms with E-state index in [-0.39, 0.29) is 5.76 Å². The molecule has 1 aromatic carbocycles. The number of nitrogens with one attached hydrogen (secondary N) is 2. The van der Waals surface area contributed by atoms with Crippen LogP contribution >= 0.6 is 0 Å². The molecule has 0 radical (unpaired) electrons. The van der Waals surface area contributed by atoms with Gasteiger partial charge in [-0.3, -0.25) is 20.0 Å². The minimum Gasteiger partial charge on any atom is -0.395 e. The fourth-order valence-electron chi connectivity index (χ4n) is 1.95. The predicted octanol–water partition coefficient (Wildman–Crippen LogP) is 2.53. The third-order valence-electron chi connectivity index (χ3n) is 2.97. The summed E-state index contributed by atoms with van der Waals surface area (Å²) < 4.78 is 4.86. The van der Waals surface area contributed by atoms with Crippen LogP contribution in [-0.2, 0) is 0 Å². The highest BCUT2D eigenvalue weighted by Gasteiger charge is 2.17. The van der Waals surface area contributed by atoms with Gasteiger partial charge in [0.05, 0.1) is 6.07 Å². The molecule has 9 nitrogen and oxygen atoms in total. The van der Waals surface area contributed by atoms with Crippen LogP contribution in [0.4, 0.5) is 11.6 Å². The van der Waals surface area contributed by atoms with E-state index in [4.69, 9.17) is 4.42 Å². The number of hydrogen-bond acceptors (Lipinski definition) is 6. The van der Waals surface area contributed by atoms with E-state index in [0.29, 0.717) is 17.3 Å². The number of anilines is 1. The molecule has 1 amide bonds. The number of carbonyl (C=O) groups excluding carboxylic acids is 1. The zero-order chi connectivity index (χ0) is 16.4. The lowest BCUT2D eigenvalue weighted by atomic mass is 10.2. The maximum absolute atomic E-state index is 12.0. The molecule has 2 heterocycles. The van der Waals surface area contributed by atoms with Crippen molar-refractivity contribution in [2.75, 3.05) is 5.32 Å². The van der Waals surface area contributed by atoms with E-state index in [1.54, 1.807) is 31.2 Å². The van der Waals surface area contributed by atoms with Crippen molar-refractivity contribution in [3.05, 3.63) is 58.1 Å². The molecule has 3 aromatic rings. The van der Waals surface area contributed by atoms with Crippen molar-refractivity contribution in [2.24, 2.45) is 0 Å². The second-order valence-corrected chi connectivity index (χ2v) is 4.67. The lowest BCUT2D eigenvalue weighted by Gasteiger charge is -2.04. The van der Waals surface area contributed by atoms with Gasteiger partial charge in [-0.15, -0.1) is 0 Å². The number of H-pyrrole nitrogens is 1. The van der Waals surface area contributed by atoms with Crippen LogP contribution < -0.4 is 5.32 Å². The Morgan fingerprint density at radius 3 is 2.83 bits per heavy atom. The third kappa shape index (κ3) is 3.07. The van der Waals surface area contributed by atoms with Gasteiger partial charge < -0.3 is 9.73 Å². The molecule has 0 aliphatic carbocycles. The zero-order valence-electron chi connectivity index (χ0n) is 11.9. The number of carbonyl (C=O) groups is 1. The Morgan fingerprint density at radius 2 is 2.17 bits per heavy atom. The van der Waals surface area contributed by atoms with E-state index in [2.05, 4.69) is 20.5 Å². The number of benzene rings is 1. The summed E-state index contributed by atoms with van der Waals surface area (Å²) in [5.41, 5.74) is 1.21. The minimum atomic E-state index is -0.705. The van der Waals surface area contributed by atoms with E-state index >= 15 is 0 Å². The Labute approximate surface area is 129 Å². The van der Waals surface area contributed by atoms with Crippen LogP contribution in [-0.4, -0.2) is 26.0 Å². The van der Waals surface area contributed by atoms with Gasteiger partial charge in [0.2, 0.25) is 0 Å². The monoisotopic (exact) mass is 313 g/mol. The molecule has 0 aliphatic heterocycles. The summed E-state index contributed by atoms with van der Waals surface area (Å²) in [7, 11) is 0. The molecule has 0 atom stereocenters. The minimum absolute atomic E-state index is 0.143. The molecule has 3 rings (SSSR count). The Morgan fingerprint density at radius 1 is 1.35 bits per heavy atom. The van der Waals surface area contributed by atoms with E-state index in [0.717, 1.165) is 11.6 Å². The predicted molar refractivity (Wildman–Crippen MR) is 79.9 cm³/mol. The maximum atomic E-state index is 12.0. The summed E-state index contributed by atoms with van der Waals surface area (Å²) in [5.74, 6) is -0.0260. The van der Waals surface area contributed by atoms with Crippen LogP contribution in [0.1, 0.15) is 16.4 Å². The summed E-state index contributed by atoms with van der Waals surface area (Å²) in [4.78, 5) is 26.1. The average Bonchev–Trinajstić information content (AvgIpc) is 3.16. The Bertz CT molecular complexity index is 883. The molecule has 0 bridgehead atoms. The van der Waals surface area contributed by atoms with Crippen LogP contribution in [0.5, 0.6) is 0 Å². The molecule has 0 fully saturated rings. The molecular weight excluding hydrogens is 302 g/mol. The second kappa shape index (κ2) is 5.72. The number of nitro groups is 1. The van der Waals surface area contributed by atoms with Gasteiger partial charge in [0, 0.05) is 11.3 Å². The first-order chi connectivity index (χ1) is 11.0. The van der Waals surface area contributed by atoms with Crippen molar-refractivity contribution in [3.63, 3.8) is 0 Å². The largest absolute Gasteiger partial charge is 0.433 e. The van der Waals surface area contributed by atoms with E-state index < -0.39 is 16.7 Å². The molecular formula is C14H11N5O4. The Hall–Kier alpha value is -3.49. The first kappa shape index (κ1) is 14.4. The van der Waals surface area contributed by atoms with Crippen LogP contribution in [0, 0.1) is 17.0 Å². The standard InChI is InChI=1S/C14H11N5O4/c1-8-15-13(18-17-8)9-3-2-4-10(7-9)16-14(20)11-5-6-12(23-11)19(21)22/h2-7H,1H3,(H,16,20)(H,15,17,18). The third-order valence-corrected chi connectivity index (χ3v) is 2.97. The number of nitrogens with zero attached hydrogens (tertiary/aromatic N) is 3. The van der Waals surface area contributed by atoms with Gasteiger partial charge in [0.15, 0.2) is 11.6 Å². The highest BCUT2D eigenvalue weighted by molar-refractivity contribution is 6.02. The van der Waals surface area contributed by atoms with Gasteiger partial charge in [0.1, 0.15) is 10.7 Å². The number of aromatic nitrogens is 3. The van der Waals surface area contributed by atoms with Crippen molar-refractivity contribution >= 4 is 17.5 Å². The number of rotatable bonds is 4. The zero-order valence-corrected chi connectivity index (χ0v) is 11.9. The quantitative estimate of drug-likeness (QED) is 0.563. The second-order valence-electron chi connectivity index (χ2n) is 4.67. The average molecular weight is 313 g/mol. The topological polar surface area (TPSA) is 127 Å². The summed E-state index contributed by atoms with van der Waals surface area (Å²) in [6.07, 6.45) is 0. The normalized spacial score (nSPS) is 10.5. The Balaban J connectivity index is 1.79. The smallest absolute Gasteiger partial charge is 0.395 e. The molecule has 2 N–H and O–H groups in total. The SMILES string of the molecule is Cc1nc(-c2cccc(NC(=O)c3ccc([N+](=O)[O-])o3)c2)n[nH]1. The molecule has 0 spiro atoms. The number of amides is 1. The van der Waals surface area contributed by atoms with Gasteiger partial charge in [-0.2, -0.15) is 5.10 Å². The number of furan rings is 1. The fraction of sp³-hybridized carbons (Fsp3) is 0.0714. The number of hydrogen-bond donors (Lipinski definition) is 2. The van der Waals surface area contributed by atoms with Crippen LogP contribution in [0.15, 0.2) is 40.8 Å². The first-order valence-corrected chi connectivity index (χ1v) is 6.58. The molecule has 0 saturated carbocycles. The van der Waals surface area contributed by atoms with Gasteiger partial charge >= 0.3 is 5.88 Å². The summed E-state index contributed by atoms with van der Waals surface area (Å²) >= 11 is 0. The lowest BCUT2D eigenvalue weighted by molar-refractivity contribution is -0.402. The van der Waals surface area contributed by atoms with Gasteiger partial charge in [-0.05, 0) is 25.1 Å². The summed E-state index contributed by atoms with van der Waals surface area (Å²) in [6.45, 7) is 1.78.